The molecule has 0 aliphatic carbocycles. The number of aromatic nitrogens is 3. The van der Waals surface area contributed by atoms with Crippen molar-refractivity contribution in [2.75, 3.05) is 23.3 Å². The molecule has 1 saturated heterocycles. The van der Waals surface area contributed by atoms with Crippen LogP contribution in [0, 0.1) is 5.82 Å². The minimum absolute atomic E-state index is 0.0150. The van der Waals surface area contributed by atoms with Gasteiger partial charge in [0.25, 0.3) is 10.0 Å². The largest absolute Gasteiger partial charge is 0.453 e. The van der Waals surface area contributed by atoms with E-state index in [9.17, 15) is 12.8 Å². The molecule has 0 bridgehead atoms. The number of hydrogen-bond acceptors (Lipinski definition) is 8. The summed E-state index contributed by atoms with van der Waals surface area (Å²) < 4.78 is 53.5. The van der Waals surface area contributed by atoms with Crippen molar-refractivity contribution in [3.8, 4) is 22.8 Å². The third kappa shape index (κ3) is 5.23. The van der Waals surface area contributed by atoms with E-state index >= 15 is 0 Å². The average molecular weight is 528 g/mol. The Kier molecular flexibility index (Phi) is 6.68. The number of sulfonamides is 1. The smallest absolute Gasteiger partial charge is 0.263 e. The van der Waals surface area contributed by atoms with Gasteiger partial charge in [0.1, 0.15) is 10.6 Å². The van der Waals surface area contributed by atoms with Gasteiger partial charge in [-0.05, 0) is 36.4 Å². The maximum absolute atomic E-state index is 14.9. The van der Waals surface area contributed by atoms with Crippen molar-refractivity contribution in [3.05, 3.63) is 84.0 Å². The SMILES string of the molecule is O=S(=O)(Nc1ccc(Oc2ccncc2-c2ccnc(NC3COC3)n2)c(F)c1)c1ccccc1Cl. The molecule has 0 spiro atoms. The highest BCUT2D eigenvalue weighted by molar-refractivity contribution is 7.92. The summed E-state index contributed by atoms with van der Waals surface area (Å²) in [6.07, 6.45) is 4.66. The molecule has 5 rings (SSSR count). The Bertz CT molecular complexity index is 1520. The third-order valence-electron chi connectivity index (χ3n) is 5.21. The number of hydrogen-bond donors (Lipinski definition) is 2. The molecule has 184 valence electrons. The maximum atomic E-state index is 14.9. The topological polar surface area (TPSA) is 115 Å². The molecule has 9 nitrogen and oxygen atoms in total. The van der Waals surface area contributed by atoms with Crippen LogP contribution in [0.15, 0.2) is 78.1 Å². The van der Waals surface area contributed by atoms with Crippen LogP contribution < -0.4 is 14.8 Å². The van der Waals surface area contributed by atoms with E-state index in [4.69, 9.17) is 21.1 Å². The zero-order chi connectivity index (χ0) is 25.1. The van der Waals surface area contributed by atoms with E-state index in [2.05, 4.69) is 25.0 Å². The molecule has 36 heavy (non-hydrogen) atoms. The molecule has 1 fully saturated rings. The molecule has 12 heteroatoms. The van der Waals surface area contributed by atoms with E-state index in [1.165, 1.54) is 30.5 Å². The van der Waals surface area contributed by atoms with Gasteiger partial charge in [0.05, 0.1) is 41.2 Å². The van der Waals surface area contributed by atoms with Crippen molar-refractivity contribution < 1.29 is 22.3 Å². The Morgan fingerprint density at radius 3 is 2.64 bits per heavy atom. The van der Waals surface area contributed by atoms with Gasteiger partial charge in [-0.15, -0.1) is 0 Å². The Balaban J connectivity index is 1.37. The van der Waals surface area contributed by atoms with Gasteiger partial charge in [0, 0.05) is 24.7 Å². The summed E-state index contributed by atoms with van der Waals surface area (Å²) in [4.78, 5) is 12.7. The van der Waals surface area contributed by atoms with E-state index < -0.39 is 15.8 Å². The van der Waals surface area contributed by atoms with Crippen LogP contribution in [0.1, 0.15) is 0 Å². The molecule has 0 unspecified atom stereocenters. The second-order valence-electron chi connectivity index (χ2n) is 7.80. The number of ether oxygens (including phenoxy) is 2. The lowest BCUT2D eigenvalue weighted by Gasteiger charge is -2.26. The number of benzene rings is 2. The highest BCUT2D eigenvalue weighted by atomic mass is 35.5. The number of nitrogens with zero attached hydrogens (tertiary/aromatic N) is 3. The quantitative estimate of drug-likeness (QED) is 0.338. The van der Waals surface area contributed by atoms with Crippen LogP contribution in [0.25, 0.3) is 11.3 Å². The van der Waals surface area contributed by atoms with Gasteiger partial charge in [-0.2, -0.15) is 0 Å². The summed E-state index contributed by atoms with van der Waals surface area (Å²) in [5, 5.41) is 3.23. The molecular formula is C24H19ClFN5O4S. The van der Waals surface area contributed by atoms with Crippen LogP contribution in [-0.4, -0.2) is 42.6 Å². The Morgan fingerprint density at radius 2 is 1.89 bits per heavy atom. The van der Waals surface area contributed by atoms with Gasteiger partial charge >= 0.3 is 0 Å². The molecule has 0 atom stereocenters. The Hall–Kier alpha value is -3.80. The van der Waals surface area contributed by atoms with Crippen molar-refractivity contribution in [3.63, 3.8) is 0 Å². The lowest BCUT2D eigenvalue weighted by atomic mass is 10.2. The van der Waals surface area contributed by atoms with Gasteiger partial charge in [-0.25, -0.2) is 22.8 Å². The predicted octanol–water partition coefficient (Wildman–Crippen LogP) is 4.73. The standard InChI is InChI=1S/C24H19ClFN5O4S/c25-18-3-1-2-4-23(18)36(32,33)31-15-5-6-22(19(26)11-15)35-21-8-9-27-12-17(21)20-7-10-28-24(30-20)29-16-13-34-14-16/h1-12,16,31H,13-14H2,(H,28,29,30). The molecule has 0 amide bonds. The third-order valence-corrected chi connectivity index (χ3v) is 7.10. The lowest BCUT2D eigenvalue weighted by molar-refractivity contribution is 0.0208. The van der Waals surface area contributed by atoms with Crippen LogP contribution in [0.2, 0.25) is 5.02 Å². The van der Waals surface area contributed by atoms with Crippen molar-refractivity contribution >= 4 is 33.3 Å². The fourth-order valence-corrected chi connectivity index (χ4v) is 4.95. The summed E-state index contributed by atoms with van der Waals surface area (Å²) in [5.74, 6) is -0.142. The first kappa shape index (κ1) is 23.9. The minimum atomic E-state index is -4.01. The lowest BCUT2D eigenvalue weighted by Crippen LogP contribution is -2.40. The van der Waals surface area contributed by atoms with Gasteiger partial charge in [0.2, 0.25) is 5.95 Å². The van der Waals surface area contributed by atoms with Crippen LogP contribution in [0.4, 0.5) is 16.0 Å². The number of halogens is 2. The molecule has 1 aliphatic rings. The van der Waals surface area contributed by atoms with Crippen LogP contribution in [-0.2, 0) is 14.8 Å². The zero-order valence-electron chi connectivity index (χ0n) is 18.6. The van der Waals surface area contributed by atoms with Gasteiger partial charge in [-0.3, -0.25) is 9.71 Å². The van der Waals surface area contributed by atoms with Crippen molar-refractivity contribution in [1.29, 1.82) is 0 Å². The average Bonchev–Trinajstić information content (AvgIpc) is 2.84. The first-order chi connectivity index (χ1) is 17.4. The number of nitrogens with one attached hydrogen (secondary N) is 2. The molecule has 2 aromatic heterocycles. The molecule has 4 aromatic rings. The fourth-order valence-electron chi connectivity index (χ4n) is 3.38. The summed E-state index contributed by atoms with van der Waals surface area (Å²) in [7, 11) is -4.01. The second kappa shape index (κ2) is 10.1. The van der Waals surface area contributed by atoms with E-state index in [0.29, 0.717) is 36.2 Å². The summed E-state index contributed by atoms with van der Waals surface area (Å²) in [6, 6.07) is 13.1. The first-order valence-electron chi connectivity index (χ1n) is 10.8. The molecule has 2 aromatic carbocycles. The molecule has 1 aliphatic heterocycles. The van der Waals surface area contributed by atoms with E-state index in [-0.39, 0.29) is 27.4 Å². The van der Waals surface area contributed by atoms with Crippen LogP contribution in [0.5, 0.6) is 11.5 Å². The Morgan fingerprint density at radius 1 is 1.06 bits per heavy atom. The predicted molar refractivity (Wildman–Crippen MR) is 132 cm³/mol. The normalized spacial score (nSPS) is 13.6. The van der Waals surface area contributed by atoms with Gasteiger partial charge in [0.15, 0.2) is 11.6 Å². The van der Waals surface area contributed by atoms with E-state index in [1.54, 1.807) is 36.7 Å². The van der Waals surface area contributed by atoms with Gasteiger partial charge in [-0.1, -0.05) is 23.7 Å². The molecule has 0 saturated carbocycles. The number of pyridine rings is 1. The number of rotatable bonds is 8. The van der Waals surface area contributed by atoms with Crippen molar-refractivity contribution in [2.45, 2.75) is 10.9 Å². The van der Waals surface area contributed by atoms with Crippen molar-refractivity contribution in [1.82, 2.24) is 15.0 Å². The summed E-state index contributed by atoms with van der Waals surface area (Å²) in [6.45, 7) is 1.16. The maximum Gasteiger partial charge on any atom is 0.263 e. The molecule has 3 heterocycles. The molecule has 2 N–H and O–H groups in total. The van der Waals surface area contributed by atoms with Crippen LogP contribution >= 0.6 is 11.6 Å². The Labute approximate surface area is 211 Å². The second-order valence-corrected chi connectivity index (χ2v) is 9.86. The highest BCUT2D eigenvalue weighted by Crippen LogP contribution is 2.34. The first-order valence-corrected chi connectivity index (χ1v) is 12.6. The monoisotopic (exact) mass is 527 g/mol. The summed E-state index contributed by atoms with van der Waals surface area (Å²) >= 11 is 5.99. The van der Waals surface area contributed by atoms with Crippen LogP contribution in [0.3, 0.4) is 0 Å². The van der Waals surface area contributed by atoms with E-state index in [0.717, 1.165) is 6.07 Å². The van der Waals surface area contributed by atoms with Crippen molar-refractivity contribution in [2.24, 2.45) is 0 Å². The fraction of sp³-hybridized carbons (Fsp3) is 0.125. The highest BCUT2D eigenvalue weighted by Gasteiger charge is 2.21. The zero-order valence-corrected chi connectivity index (χ0v) is 20.1. The summed E-state index contributed by atoms with van der Waals surface area (Å²) in [5.41, 5.74) is 1.07. The molecular weight excluding hydrogens is 509 g/mol. The number of anilines is 2. The van der Waals surface area contributed by atoms with Gasteiger partial charge < -0.3 is 14.8 Å². The van der Waals surface area contributed by atoms with E-state index in [1.807, 2.05) is 0 Å². The molecule has 0 radical (unpaired) electrons. The minimum Gasteiger partial charge on any atom is -0.453 e.